The summed E-state index contributed by atoms with van der Waals surface area (Å²) in [6, 6.07) is 31.5. The third-order valence-corrected chi connectivity index (χ3v) is 5.80. The Bertz CT molecular complexity index is 1090. The summed E-state index contributed by atoms with van der Waals surface area (Å²) in [5.41, 5.74) is 4.77. The molecule has 0 atom stereocenters. The van der Waals surface area contributed by atoms with E-state index in [4.69, 9.17) is 9.47 Å². The first kappa shape index (κ1) is 24.3. The molecule has 0 saturated heterocycles. The molecule has 0 amide bonds. The maximum atomic E-state index is 9.75. The van der Waals surface area contributed by atoms with Gasteiger partial charge in [0.25, 0.3) is 0 Å². The third-order valence-electron chi connectivity index (χ3n) is 4.65. The maximum absolute atomic E-state index is 9.75. The van der Waals surface area contributed by atoms with Crippen LogP contribution in [0.5, 0.6) is 11.5 Å². The van der Waals surface area contributed by atoms with Crippen LogP contribution >= 0.6 is 11.3 Å². The summed E-state index contributed by atoms with van der Waals surface area (Å²) in [6.45, 7) is 0. The molecule has 2 nitrogen and oxygen atoms in total. The molecule has 0 aliphatic carbocycles. The number of benzene rings is 3. The average molecular weight is 472 g/mol. The smallest absolute Gasteiger partial charge is 0.497 e. The lowest BCUT2D eigenvalue weighted by atomic mass is 10.0. The summed E-state index contributed by atoms with van der Waals surface area (Å²) in [5, 5.41) is 0. The quantitative estimate of drug-likeness (QED) is 0.165. The number of halogens is 4. The molecule has 33 heavy (non-hydrogen) atoms. The highest BCUT2D eigenvalue weighted by atomic mass is 32.1. The SMILES string of the molecule is COc1ccc(-c2cc(-c3ccccc3)cc(-c3ccc(OC)cc3)[s+]2)cc1.F[B-](F)(F)F. The zero-order valence-electron chi connectivity index (χ0n) is 18.0. The lowest BCUT2D eigenvalue weighted by molar-refractivity contribution is 0.368. The summed E-state index contributed by atoms with van der Waals surface area (Å²) >= 11 is 1.78. The number of hydrogen-bond donors (Lipinski definition) is 0. The lowest BCUT2D eigenvalue weighted by Gasteiger charge is -2.04. The molecule has 0 aliphatic heterocycles. The van der Waals surface area contributed by atoms with E-state index in [0.717, 1.165) is 11.5 Å². The van der Waals surface area contributed by atoms with Gasteiger partial charge in [0.05, 0.1) is 14.2 Å². The van der Waals surface area contributed by atoms with Gasteiger partial charge >= 0.3 is 7.25 Å². The van der Waals surface area contributed by atoms with E-state index in [1.54, 1.807) is 25.6 Å². The van der Waals surface area contributed by atoms with Crippen molar-refractivity contribution < 1.29 is 26.7 Å². The topological polar surface area (TPSA) is 18.5 Å². The minimum Gasteiger partial charge on any atom is -0.497 e. The highest BCUT2D eigenvalue weighted by Gasteiger charge is 2.21. The van der Waals surface area contributed by atoms with Gasteiger partial charge in [-0.3, -0.25) is 0 Å². The molecular formula is C25H21BF4O2S. The number of methoxy groups -OCH3 is 2. The van der Waals surface area contributed by atoms with Crippen molar-refractivity contribution in [1.29, 1.82) is 0 Å². The Morgan fingerprint density at radius 3 is 1.30 bits per heavy atom. The van der Waals surface area contributed by atoms with Crippen LogP contribution in [0, 0.1) is 0 Å². The van der Waals surface area contributed by atoms with Gasteiger partial charge in [-0.25, -0.2) is 0 Å². The second-order valence-corrected chi connectivity index (χ2v) is 7.98. The Morgan fingerprint density at radius 1 is 0.545 bits per heavy atom. The fourth-order valence-electron chi connectivity index (χ4n) is 3.09. The normalized spacial score (nSPS) is 10.7. The summed E-state index contributed by atoms with van der Waals surface area (Å²) < 4.78 is 49.6. The highest BCUT2D eigenvalue weighted by Crippen LogP contribution is 2.38. The van der Waals surface area contributed by atoms with Crippen molar-refractivity contribution in [3.8, 4) is 43.5 Å². The van der Waals surface area contributed by atoms with E-state index in [0.29, 0.717) is 0 Å². The van der Waals surface area contributed by atoms with Crippen LogP contribution in [0.3, 0.4) is 0 Å². The van der Waals surface area contributed by atoms with Crippen molar-refractivity contribution in [2.45, 2.75) is 0 Å². The van der Waals surface area contributed by atoms with E-state index >= 15 is 0 Å². The molecule has 0 N–H and O–H groups in total. The van der Waals surface area contributed by atoms with Crippen molar-refractivity contribution in [2.75, 3.05) is 14.2 Å². The van der Waals surface area contributed by atoms with Crippen molar-refractivity contribution >= 4 is 18.6 Å². The van der Waals surface area contributed by atoms with Crippen molar-refractivity contribution in [1.82, 2.24) is 0 Å². The van der Waals surface area contributed by atoms with Crippen molar-refractivity contribution in [3.05, 3.63) is 91.0 Å². The molecule has 170 valence electrons. The van der Waals surface area contributed by atoms with Gasteiger partial charge in [0.15, 0.2) is 0 Å². The molecule has 0 saturated carbocycles. The van der Waals surface area contributed by atoms with E-state index in [9.17, 15) is 17.3 Å². The fraction of sp³-hybridized carbons (Fsp3) is 0.0800. The molecule has 1 heterocycles. The van der Waals surface area contributed by atoms with Crippen LogP contribution in [-0.4, -0.2) is 21.5 Å². The molecule has 0 unspecified atom stereocenters. The van der Waals surface area contributed by atoms with Gasteiger partial charge in [0.1, 0.15) is 11.5 Å². The Labute approximate surface area is 194 Å². The number of rotatable bonds is 5. The van der Waals surface area contributed by atoms with Crippen LogP contribution < -0.4 is 9.47 Å². The van der Waals surface area contributed by atoms with Gasteiger partial charge in [0.2, 0.25) is 21.1 Å². The van der Waals surface area contributed by atoms with E-state index < -0.39 is 7.25 Å². The zero-order chi connectivity index (χ0) is 23.8. The Morgan fingerprint density at radius 2 is 0.939 bits per heavy atom. The van der Waals surface area contributed by atoms with Gasteiger partial charge in [0, 0.05) is 23.3 Å². The molecule has 3 aromatic carbocycles. The Hall–Kier alpha value is -3.39. The number of ether oxygens (including phenoxy) is 2. The van der Waals surface area contributed by atoms with Crippen LogP contribution in [0.2, 0.25) is 0 Å². The molecule has 1 aromatic heterocycles. The molecule has 0 aliphatic rings. The first-order valence-corrected chi connectivity index (χ1v) is 10.8. The van der Waals surface area contributed by atoms with Gasteiger partial charge < -0.3 is 26.7 Å². The summed E-state index contributed by atoms with van der Waals surface area (Å²) in [7, 11) is -2.62. The number of hydrogen-bond acceptors (Lipinski definition) is 2. The van der Waals surface area contributed by atoms with Gasteiger partial charge in [-0.2, -0.15) is 0 Å². The first-order chi connectivity index (χ1) is 15.8. The summed E-state index contributed by atoms with van der Waals surface area (Å²) in [4.78, 5) is 2.43. The minimum absolute atomic E-state index is 0.864. The zero-order valence-corrected chi connectivity index (χ0v) is 18.8. The molecular weight excluding hydrogens is 451 g/mol. The van der Waals surface area contributed by atoms with Gasteiger partial charge in [-0.15, -0.1) is 0 Å². The van der Waals surface area contributed by atoms with Crippen molar-refractivity contribution in [3.63, 3.8) is 0 Å². The van der Waals surface area contributed by atoms with Gasteiger partial charge in [-0.05, 0) is 59.7 Å². The van der Waals surface area contributed by atoms with Crippen LogP contribution in [0.4, 0.5) is 17.3 Å². The summed E-state index contributed by atoms with van der Waals surface area (Å²) in [6.07, 6.45) is 0. The molecule has 0 fully saturated rings. The highest BCUT2D eigenvalue weighted by molar-refractivity contribution is 7.18. The van der Waals surface area contributed by atoms with E-state index in [-0.39, 0.29) is 0 Å². The third kappa shape index (κ3) is 7.32. The Kier molecular flexibility index (Phi) is 8.06. The van der Waals surface area contributed by atoms with E-state index in [1.165, 1.54) is 32.0 Å². The van der Waals surface area contributed by atoms with E-state index in [1.807, 2.05) is 30.3 Å². The lowest BCUT2D eigenvalue weighted by Crippen LogP contribution is -2.02. The minimum atomic E-state index is -6.00. The standard InChI is InChI=1S/C25H21O2S.BF4/c1-26-22-12-8-19(9-13-22)24-16-21(18-6-4-3-5-7-18)17-25(28-24)20-10-14-23(27-2)15-11-20;2-1(3,4)5/h3-17H,1-2H3;/q+1;-1. The molecule has 0 bridgehead atoms. The second kappa shape index (κ2) is 11.0. The molecule has 0 spiro atoms. The monoisotopic (exact) mass is 472 g/mol. The fourth-order valence-corrected chi connectivity index (χ4v) is 4.21. The van der Waals surface area contributed by atoms with Crippen LogP contribution in [-0.2, 0) is 0 Å². The van der Waals surface area contributed by atoms with Crippen LogP contribution in [0.15, 0.2) is 91.0 Å². The second-order valence-electron chi connectivity index (χ2n) is 6.89. The predicted molar refractivity (Wildman–Crippen MR) is 128 cm³/mol. The van der Waals surface area contributed by atoms with E-state index in [2.05, 4.69) is 60.7 Å². The van der Waals surface area contributed by atoms with Gasteiger partial charge in [-0.1, -0.05) is 30.3 Å². The van der Waals surface area contributed by atoms with Crippen molar-refractivity contribution in [2.24, 2.45) is 0 Å². The Balaban J connectivity index is 0.000000555. The maximum Gasteiger partial charge on any atom is 0.673 e. The largest absolute Gasteiger partial charge is 0.673 e. The molecule has 8 heteroatoms. The average Bonchev–Trinajstić information content (AvgIpc) is 2.83. The molecule has 0 radical (unpaired) electrons. The first-order valence-electron chi connectivity index (χ1n) is 9.96. The molecule has 4 rings (SSSR count). The van der Waals surface area contributed by atoms with Crippen LogP contribution in [0.1, 0.15) is 0 Å². The predicted octanol–water partition coefficient (Wildman–Crippen LogP) is 8.35. The summed E-state index contributed by atoms with van der Waals surface area (Å²) in [5.74, 6) is 1.73. The molecule has 4 aromatic rings. The van der Waals surface area contributed by atoms with Crippen LogP contribution in [0.25, 0.3) is 32.0 Å².